The van der Waals surface area contributed by atoms with Crippen molar-refractivity contribution in [3.05, 3.63) is 72.2 Å². The fourth-order valence-electron chi connectivity index (χ4n) is 3.05. The molecule has 2 aromatic heterocycles. The van der Waals surface area contributed by atoms with Crippen molar-refractivity contribution in [3.8, 4) is 22.7 Å². The first-order valence-corrected chi connectivity index (χ1v) is 9.33. The van der Waals surface area contributed by atoms with E-state index in [2.05, 4.69) is 25.6 Å². The normalized spacial score (nSPS) is 11.8. The molecule has 9 nitrogen and oxygen atoms in total. The van der Waals surface area contributed by atoms with Gasteiger partial charge in [-0.15, -0.1) is 5.10 Å². The molecule has 0 saturated heterocycles. The smallest absolute Gasteiger partial charge is 0.272 e. The molecule has 2 aromatic carbocycles. The lowest BCUT2D eigenvalue weighted by Crippen LogP contribution is -2.27. The summed E-state index contributed by atoms with van der Waals surface area (Å²) in [6.07, 6.45) is 0. The molecule has 152 valence electrons. The molecule has 0 fully saturated rings. The van der Waals surface area contributed by atoms with Crippen LogP contribution in [0.4, 0.5) is 5.95 Å². The molecule has 0 bridgehead atoms. The maximum absolute atomic E-state index is 12.9. The zero-order valence-corrected chi connectivity index (χ0v) is 16.5. The molecule has 1 amide bonds. The number of nitrogens with one attached hydrogen (secondary N) is 2. The van der Waals surface area contributed by atoms with Gasteiger partial charge in [0.05, 0.1) is 24.5 Å². The van der Waals surface area contributed by atoms with Crippen LogP contribution in [0.3, 0.4) is 0 Å². The predicted molar refractivity (Wildman–Crippen MR) is 112 cm³/mol. The highest BCUT2D eigenvalue weighted by Crippen LogP contribution is 2.25. The van der Waals surface area contributed by atoms with Crippen LogP contribution < -0.4 is 15.8 Å². The molecular weight excluding hydrogens is 382 g/mol. The van der Waals surface area contributed by atoms with Crippen LogP contribution in [0, 0.1) is 0 Å². The molecule has 4 aromatic rings. The summed E-state index contributed by atoms with van der Waals surface area (Å²) < 4.78 is 6.97. The monoisotopic (exact) mass is 403 g/mol. The quantitative estimate of drug-likeness (QED) is 0.455. The molecule has 0 spiro atoms. The van der Waals surface area contributed by atoms with E-state index >= 15 is 0 Å². The lowest BCUT2D eigenvalue weighted by Gasteiger charge is -2.09. The Labute approximate surface area is 172 Å². The lowest BCUT2D eigenvalue weighted by molar-refractivity contribution is 0.0933. The number of benzene rings is 2. The number of nitrogens with zero attached hydrogens (tertiary/aromatic N) is 4. The van der Waals surface area contributed by atoms with Gasteiger partial charge in [-0.2, -0.15) is 10.1 Å². The summed E-state index contributed by atoms with van der Waals surface area (Å²) in [5.74, 6) is 1.01. The third-order valence-corrected chi connectivity index (χ3v) is 4.61. The number of rotatable bonds is 6. The van der Waals surface area contributed by atoms with Gasteiger partial charge >= 0.3 is 0 Å². The summed E-state index contributed by atoms with van der Waals surface area (Å²) in [5, 5.41) is 13.9. The molecule has 0 radical (unpaired) electrons. The largest absolute Gasteiger partial charge is 0.497 e. The molecule has 30 heavy (non-hydrogen) atoms. The number of amides is 1. The van der Waals surface area contributed by atoms with Gasteiger partial charge in [-0.3, -0.25) is 9.89 Å². The third kappa shape index (κ3) is 3.86. The zero-order valence-electron chi connectivity index (χ0n) is 16.5. The van der Waals surface area contributed by atoms with E-state index < -0.39 is 6.04 Å². The molecule has 2 heterocycles. The summed E-state index contributed by atoms with van der Waals surface area (Å²) in [4.78, 5) is 16.9. The van der Waals surface area contributed by atoms with Crippen LogP contribution in [0.1, 0.15) is 29.3 Å². The summed E-state index contributed by atoms with van der Waals surface area (Å²) in [6.45, 7) is 1.79. The van der Waals surface area contributed by atoms with Crippen molar-refractivity contribution in [2.24, 2.45) is 0 Å². The Morgan fingerprint density at radius 3 is 2.53 bits per heavy atom. The summed E-state index contributed by atoms with van der Waals surface area (Å²) in [6, 6.07) is 18.6. The van der Waals surface area contributed by atoms with E-state index in [1.807, 2.05) is 54.6 Å². The maximum Gasteiger partial charge on any atom is 0.272 e. The van der Waals surface area contributed by atoms with Crippen LogP contribution in [0.2, 0.25) is 0 Å². The van der Waals surface area contributed by atoms with Crippen molar-refractivity contribution < 1.29 is 9.53 Å². The van der Waals surface area contributed by atoms with Crippen LogP contribution in [-0.4, -0.2) is 38.0 Å². The Bertz CT molecular complexity index is 1150. The second-order valence-corrected chi connectivity index (χ2v) is 6.66. The number of nitrogens with two attached hydrogens (primary N) is 1. The van der Waals surface area contributed by atoms with E-state index in [4.69, 9.17) is 10.5 Å². The van der Waals surface area contributed by atoms with E-state index in [1.165, 1.54) is 0 Å². The molecule has 4 rings (SSSR count). The second kappa shape index (κ2) is 8.08. The summed E-state index contributed by atoms with van der Waals surface area (Å²) >= 11 is 0. The molecule has 4 N–H and O–H groups in total. The molecule has 1 atom stereocenters. The molecule has 0 aliphatic carbocycles. The van der Waals surface area contributed by atoms with Gasteiger partial charge in [0.1, 0.15) is 11.6 Å². The number of hydrogen-bond donors (Lipinski definition) is 3. The van der Waals surface area contributed by atoms with Crippen molar-refractivity contribution in [3.63, 3.8) is 0 Å². The first-order valence-electron chi connectivity index (χ1n) is 9.33. The highest BCUT2D eigenvalue weighted by atomic mass is 16.5. The Morgan fingerprint density at radius 2 is 1.90 bits per heavy atom. The Hall–Kier alpha value is -4.14. The van der Waals surface area contributed by atoms with Gasteiger partial charge in [-0.1, -0.05) is 30.3 Å². The summed E-state index contributed by atoms with van der Waals surface area (Å²) in [7, 11) is 1.62. The standard InChI is InChI=1S/C21H21N7O2/c1-13(19-24-21(22)26-25-19)23-20(29)17-12-18(14-6-4-3-5-7-14)28(27-17)15-8-10-16(30-2)11-9-15/h3-13H,1-2H3,(H,23,29)(H3,22,24,25,26)/t13-/m1/s1. The summed E-state index contributed by atoms with van der Waals surface area (Å²) in [5.41, 5.74) is 8.37. The van der Waals surface area contributed by atoms with Gasteiger partial charge < -0.3 is 15.8 Å². The van der Waals surface area contributed by atoms with E-state index in [0.29, 0.717) is 5.82 Å². The number of methoxy groups -OCH3 is 1. The molecule has 0 saturated carbocycles. The zero-order chi connectivity index (χ0) is 21.1. The van der Waals surface area contributed by atoms with Crippen molar-refractivity contribution in [2.75, 3.05) is 12.8 Å². The molecule has 0 aliphatic heterocycles. The SMILES string of the molecule is COc1ccc(-n2nc(C(=O)N[C@H](C)c3nc(N)n[nH]3)cc2-c2ccccc2)cc1. The van der Waals surface area contributed by atoms with E-state index in [9.17, 15) is 4.79 Å². The minimum Gasteiger partial charge on any atom is -0.497 e. The Balaban J connectivity index is 1.68. The third-order valence-electron chi connectivity index (χ3n) is 4.61. The van der Waals surface area contributed by atoms with Gasteiger partial charge in [-0.25, -0.2) is 4.68 Å². The predicted octanol–water partition coefficient (Wildman–Crippen LogP) is 2.74. The van der Waals surface area contributed by atoms with Crippen molar-refractivity contribution in [2.45, 2.75) is 13.0 Å². The fraction of sp³-hybridized carbons (Fsp3) is 0.143. The molecule has 0 aliphatic rings. The second-order valence-electron chi connectivity index (χ2n) is 6.66. The first kappa shape index (κ1) is 19.2. The molecule has 9 heteroatoms. The molecule has 0 unspecified atom stereocenters. The van der Waals surface area contributed by atoms with Crippen molar-refractivity contribution in [1.29, 1.82) is 0 Å². The van der Waals surface area contributed by atoms with E-state index in [0.717, 1.165) is 22.7 Å². The topological polar surface area (TPSA) is 124 Å². The van der Waals surface area contributed by atoms with E-state index in [-0.39, 0.29) is 17.5 Å². The first-order chi connectivity index (χ1) is 14.5. The number of hydrogen-bond acceptors (Lipinski definition) is 6. The minimum atomic E-state index is -0.409. The lowest BCUT2D eigenvalue weighted by atomic mass is 10.1. The number of carbonyl (C=O) groups excluding carboxylic acids is 1. The van der Waals surface area contributed by atoms with Crippen molar-refractivity contribution >= 4 is 11.9 Å². The maximum atomic E-state index is 12.9. The number of H-pyrrole nitrogens is 1. The minimum absolute atomic E-state index is 0.126. The van der Waals surface area contributed by atoms with Crippen LogP contribution >= 0.6 is 0 Å². The van der Waals surface area contributed by atoms with Gasteiger partial charge in [0.25, 0.3) is 5.91 Å². The number of carbonyl (C=O) groups is 1. The number of nitrogen functional groups attached to an aromatic ring is 1. The molecular formula is C21H21N7O2. The average Bonchev–Trinajstić information content (AvgIpc) is 3.41. The van der Waals surface area contributed by atoms with E-state index in [1.54, 1.807) is 24.8 Å². The average molecular weight is 403 g/mol. The van der Waals surface area contributed by atoms with Gasteiger partial charge in [0.15, 0.2) is 5.69 Å². The highest BCUT2D eigenvalue weighted by Gasteiger charge is 2.20. The Morgan fingerprint density at radius 1 is 1.17 bits per heavy atom. The van der Waals surface area contributed by atoms with Crippen molar-refractivity contribution in [1.82, 2.24) is 30.3 Å². The number of anilines is 1. The van der Waals surface area contributed by atoms with Crippen LogP contribution in [0.15, 0.2) is 60.7 Å². The van der Waals surface area contributed by atoms with Gasteiger partial charge in [0.2, 0.25) is 5.95 Å². The van der Waals surface area contributed by atoms with Gasteiger partial charge in [0, 0.05) is 5.56 Å². The number of aromatic nitrogens is 5. The highest BCUT2D eigenvalue weighted by molar-refractivity contribution is 5.93. The number of aromatic amines is 1. The van der Waals surface area contributed by atoms with Crippen LogP contribution in [0.25, 0.3) is 16.9 Å². The Kier molecular flexibility index (Phi) is 5.17. The van der Waals surface area contributed by atoms with Crippen LogP contribution in [-0.2, 0) is 0 Å². The fourth-order valence-corrected chi connectivity index (χ4v) is 3.05. The van der Waals surface area contributed by atoms with Crippen LogP contribution in [0.5, 0.6) is 5.75 Å². The van der Waals surface area contributed by atoms with Gasteiger partial charge in [-0.05, 0) is 37.3 Å². The number of ether oxygens (including phenoxy) is 1.